The molecule has 2 aromatic carbocycles. The molecule has 0 saturated heterocycles. The van der Waals surface area contributed by atoms with Crippen molar-refractivity contribution in [3.63, 3.8) is 0 Å². The second kappa shape index (κ2) is 8.14. The lowest BCUT2D eigenvalue weighted by molar-refractivity contribution is -0.402. The maximum absolute atomic E-state index is 14.9. The third kappa shape index (κ3) is 3.85. The van der Waals surface area contributed by atoms with E-state index in [1.807, 2.05) is 0 Å². The van der Waals surface area contributed by atoms with Crippen LogP contribution in [0.5, 0.6) is 0 Å². The molecule has 0 aliphatic carbocycles. The highest BCUT2D eigenvalue weighted by atomic mass is 32.2. The molecule has 0 unspecified atom stereocenters. The number of hydrogen-bond donors (Lipinski definition) is 0. The first-order valence-electron chi connectivity index (χ1n) is 8.05. The molecule has 0 nitrogen and oxygen atoms in total. The van der Waals surface area contributed by atoms with Crippen LogP contribution in [-0.2, 0) is 10.9 Å². The molecule has 0 spiro atoms. The van der Waals surface area contributed by atoms with Crippen LogP contribution in [0.15, 0.2) is 70.5 Å². The number of hydrogen-bond acceptors (Lipinski definition) is 0. The zero-order valence-corrected chi connectivity index (χ0v) is 15.6. The van der Waals surface area contributed by atoms with Gasteiger partial charge in [-0.1, -0.05) is 36.4 Å². The van der Waals surface area contributed by atoms with Crippen molar-refractivity contribution < 1.29 is 52.7 Å². The van der Waals surface area contributed by atoms with Crippen LogP contribution in [0, 0.1) is 0 Å². The third-order valence-electron chi connectivity index (χ3n) is 4.06. The van der Waals surface area contributed by atoms with Crippen molar-refractivity contribution in [3.05, 3.63) is 60.7 Å². The summed E-state index contributed by atoms with van der Waals surface area (Å²) < 4.78 is 164. The molecule has 13 heteroatoms. The lowest BCUT2D eigenvalue weighted by Crippen LogP contribution is -2.69. The van der Waals surface area contributed by atoms with Gasteiger partial charge in [-0.3, -0.25) is 0 Å². The van der Waals surface area contributed by atoms with E-state index in [4.69, 9.17) is 0 Å². The van der Waals surface area contributed by atoms with Crippen molar-refractivity contribution in [2.45, 2.75) is 45.2 Å². The summed E-state index contributed by atoms with van der Waals surface area (Å²) in [4.78, 5) is -1.42. The minimum absolute atomic E-state index is 0.710. The minimum atomic E-state index is -7.56. The van der Waals surface area contributed by atoms with Crippen molar-refractivity contribution in [2.75, 3.05) is 0 Å². The summed E-state index contributed by atoms with van der Waals surface area (Å²) in [6.07, 6.45) is -5.53. The molecule has 0 fully saturated rings. The molecular formula is C18H11F12S+. The first-order valence-corrected chi connectivity index (χ1v) is 9.27. The van der Waals surface area contributed by atoms with E-state index in [0.717, 1.165) is 48.5 Å². The number of alkyl halides is 12. The molecular weight excluding hydrogens is 476 g/mol. The van der Waals surface area contributed by atoms with E-state index in [-0.39, 0.29) is 0 Å². The Kier molecular flexibility index (Phi) is 6.62. The number of benzene rings is 2. The predicted octanol–water partition coefficient (Wildman–Crippen LogP) is 7.12. The maximum Gasteiger partial charge on any atom is 0.490 e. The molecule has 0 radical (unpaired) electrons. The van der Waals surface area contributed by atoms with Crippen molar-refractivity contribution in [3.8, 4) is 0 Å². The van der Waals surface area contributed by atoms with Crippen molar-refractivity contribution in [1.82, 2.24) is 0 Å². The molecule has 0 heterocycles. The zero-order chi connectivity index (χ0) is 23.9. The summed E-state index contributed by atoms with van der Waals surface area (Å²) in [5, 5.41) is -6.10. The van der Waals surface area contributed by atoms with E-state index in [1.165, 1.54) is 12.1 Å². The fraction of sp³-hybridized carbons (Fsp3) is 0.333. The van der Waals surface area contributed by atoms with Crippen LogP contribution in [0.4, 0.5) is 52.7 Å². The summed E-state index contributed by atoms with van der Waals surface area (Å²) in [5.74, 6) is -29.3. The highest BCUT2D eigenvalue weighted by Gasteiger charge is 2.92. The van der Waals surface area contributed by atoms with Crippen LogP contribution in [0.2, 0.25) is 0 Å². The van der Waals surface area contributed by atoms with Gasteiger partial charge in [0.1, 0.15) is 10.9 Å². The van der Waals surface area contributed by atoms with Gasteiger partial charge >= 0.3 is 35.4 Å². The quantitative estimate of drug-likeness (QED) is 0.275. The first-order chi connectivity index (χ1) is 14.0. The normalized spacial score (nSPS) is 14.4. The van der Waals surface area contributed by atoms with E-state index in [2.05, 4.69) is 0 Å². The van der Waals surface area contributed by atoms with Gasteiger partial charge in [0.25, 0.3) is 0 Å². The van der Waals surface area contributed by atoms with Crippen LogP contribution < -0.4 is 0 Å². The van der Waals surface area contributed by atoms with Crippen molar-refractivity contribution in [2.24, 2.45) is 0 Å². The average molecular weight is 487 g/mol. The number of rotatable bonds is 8. The van der Waals surface area contributed by atoms with Gasteiger partial charge in [-0.25, -0.2) is 8.78 Å². The molecule has 172 valence electrons. The number of halogens is 12. The van der Waals surface area contributed by atoms with Crippen LogP contribution in [0.1, 0.15) is 0 Å². The summed E-state index contributed by atoms with van der Waals surface area (Å²) in [6.45, 7) is 0. The third-order valence-corrected chi connectivity index (χ3v) is 6.32. The van der Waals surface area contributed by atoms with Crippen LogP contribution in [-0.4, -0.2) is 35.4 Å². The maximum atomic E-state index is 14.9. The minimum Gasteiger partial charge on any atom is -0.203 e. The molecule has 0 saturated carbocycles. The summed E-state index contributed by atoms with van der Waals surface area (Å²) in [5.41, 5.74) is 0. The highest BCUT2D eigenvalue weighted by Crippen LogP contribution is 2.60. The van der Waals surface area contributed by atoms with Gasteiger partial charge < -0.3 is 0 Å². The van der Waals surface area contributed by atoms with Gasteiger partial charge in [0.15, 0.2) is 9.79 Å². The van der Waals surface area contributed by atoms with Crippen molar-refractivity contribution in [1.29, 1.82) is 0 Å². The van der Waals surface area contributed by atoms with Crippen molar-refractivity contribution >= 4 is 10.9 Å². The SMILES string of the molecule is FC(F)C(F)(F)C(F)(F)C(F)(F)C(F)(F)C(F)(F)[S+](c1ccccc1)c1ccccc1. The molecule has 0 amide bonds. The van der Waals surface area contributed by atoms with Crippen LogP contribution in [0.3, 0.4) is 0 Å². The van der Waals surface area contributed by atoms with Crippen LogP contribution >= 0.6 is 0 Å². The average Bonchev–Trinajstić information content (AvgIpc) is 2.68. The topological polar surface area (TPSA) is 0 Å². The van der Waals surface area contributed by atoms with E-state index < -0.39 is 56.1 Å². The second-order valence-electron chi connectivity index (χ2n) is 6.10. The molecule has 0 aliphatic heterocycles. The second-order valence-corrected chi connectivity index (χ2v) is 8.16. The first kappa shape index (κ1) is 25.2. The molecule has 2 rings (SSSR count). The summed E-state index contributed by atoms with van der Waals surface area (Å²) >= 11 is 0. The fourth-order valence-corrected chi connectivity index (χ4v) is 4.51. The van der Waals surface area contributed by atoms with Gasteiger partial charge in [0.2, 0.25) is 0 Å². The Morgan fingerprint density at radius 2 is 0.871 bits per heavy atom. The molecule has 0 atom stereocenters. The van der Waals surface area contributed by atoms with E-state index in [9.17, 15) is 52.7 Å². The fourth-order valence-electron chi connectivity index (χ4n) is 2.40. The van der Waals surface area contributed by atoms with Gasteiger partial charge in [0, 0.05) is 0 Å². The molecule has 0 N–H and O–H groups in total. The van der Waals surface area contributed by atoms with Crippen LogP contribution in [0.25, 0.3) is 0 Å². The smallest absolute Gasteiger partial charge is 0.203 e. The zero-order valence-electron chi connectivity index (χ0n) is 14.8. The van der Waals surface area contributed by atoms with Gasteiger partial charge in [-0.15, -0.1) is 8.78 Å². The van der Waals surface area contributed by atoms with Gasteiger partial charge in [0.05, 0.1) is 0 Å². The molecule has 31 heavy (non-hydrogen) atoms. The summed E-state index contributed by atoms with van der Waals surface area (Å²) in [6, 6.07) is 9.97. The molecule has 0 aliphatic rings. The van der Waals surface area contributed by atoms with Gasteiger partial charge in [-0.2, -0.15) is 35.1 Å². The predicted molar refractivity (Wildman–Crippen MR) is 87.5 cm³/mol. The Labute approximate surface area is 170 Å². The van der Waals surface area contributed by atoms with E-state index in [0.29, 0.717) is 0 Å². The molecule has 2 aromatic rings. The standard InChI is InChI=1S/C18H11F12S/c19-13(20)14(21,22)15(23,24)16(25,26)17(27,28)18(29,30)31(11-7-3-1-4-8-11)12-9-5-2-6-10-12/h1-10,13H/q+1. The lowest BCUT2D eigenvalue weighted by Gasteiger charge is -2.37. The van der Waals surface area contributed by atoms with E-state index in [1.54, 1.807) is 0 Å². The molecule has 0 bridgehead atoms. The molecule has 0 aromatic heterocycles. The Morgan fingerprint density at radius 3 is 1.19 bits per heavy atom. The lowest BCUT2D eigenvalue weighted by atomic mass is 9.99. The van der Waals surface area contributed by atoms with E-state index >= 15 is 0 Å². The summed E-state index contributed by atoms with van der Waals surface area (Å²) in [7, 11) is -3.38. The highest BCUT2D eigenvalue weighted by molar-refractivity contribution is 7.98. The Balaban J connectivity index is 2.70. The largest absolute Gasteiger partial charge is 0.490 e. The Morgan fingerprint density at radius 1 is 0.516 bits per heavy atom. The Bertz CT molecular complexity index is 828. The van der Waals surface area contributed by atoms with Gasteiger partial charge in [-0.05, 0) is 24.3 Å². The monoisotopic (exact) mass is 487 g/mol. The Hall–Kier alpha value is -2.05.